The van der Waals surface area contributed by atoms with Gasteiger partial charge in [0.1, 0.15) is 5.60 Å². The average molecular weight is 302 g/mol. The molecule has 8 heteroatoms. The molecule has 1 nitrogen and oxygen atoms in total. The molecule has 0 bridgehead atoms. The fourth-order valence-electron chi connectivity index (χ4n) is 1.29. The molecule has 0 radical (unpaired) electrons. The van der Waals surface area contributed by atoms with Crippen molar-refractivity contribution >= 4 is 5.83 Å². The molecule has 0 aliphatic carbocycles. The van der Waals surface area contributed by atoms with Crippen LogP contribution in [0.25, 0.3) is 5.83 Å². The number of ether oxygens (including phenoxy) is 1. The molecule has 1 aromatic rings. The van der Waals surface area contributed by atoms with E-state index in [0.717, 1.165) is 0 Å². The Morgan fingerprint density at radius 3 is 1.50 bits per heavy atom. The molecule has 1 aromatic carbocycles. The minimum absolute atomic E-state index is 1.22. The summed E-state index contributed by atoms with van der Waals surface area (Å²) in [7, 11) is 0. The number of rotatable bonds is 2. The molecule has 0 N–H and O–H groups in total. The standard InChI is InChI=1S/C12H9F7O/c1-12(2,3)20-10-8(16)5(13)4(6(14)9(10)17)7(15)11(18)19/h1-3H3. The molecule has 0 unspecified atom stereocenters. The summed E-state index contributed by atoms with van der Waals surface area (Å²) in [6.45, 7) is 3.99. The average Bonchev–Trinajstić information content (AvgIpc) is 2.31. The van der Waals surface area contributed by atoms with Crippen LogP contribution in [0.15, 0.2) is 6.08 Å². The van der Waals surface area contributed by atoms with Crippen molar-refractivity contribution in [1.29, 1.82) is 0 Å². The highest BCUT2D eigenvalue weighted by molar-refractivity contribution is 5.62. The van der Waals surface area contributed by atoms with Crippen LogP contribution in [0.2, 0.25) is 0 Å². The molecule has 0 aliphatic rings. The van der Waals surface area contributed by atoms with Gasteiger partial charge in [-0.2, -0.15) is 17.6 Å². The highest BCUT2D eigenvalue weighted by atomic mass is 19.3. The van der Waals surface area contributed by atoms with Crippen LogP contribution in [0, 0.1) is 23.3 Å². The Balaban J connectivity index is 3.63. The lowest BCUT2D eigenvalue weighted by Crippen LogP contribution is -2.25. The Morgan fingerprint density at radius 2 is 1.20 bits per heavy atom. The van der Waals surface area contributed by atoms with Crippen molar-refractivity contribution in [3.05, 3.63) is 34.9 Å². The second kappa shape index (κ2) is 5.34. The third-order valence-corrected chi connectivity index (χ3v) is 2.02. The summed E-state index contributed by atoms with van der Waals surface area (Å²) >= 11 is 0. The second-order valence-electron chi connectivity index (χ2n) is 4.75. The van der Waals surface area contributed by atoms with Crippen LogP contribution >= 0.6 is 0 Å². The molecule has 0 saturated heterocycles. The highest BCUT2D eigenvalue weighted by Gasteiger charge is 2.32. The molecule has 0 aromatic heterocycles. The van der Waals surface area contributed by atoms with Gasteiger partial charge in [0, 0.05) is 0 Å². The molecule has 0 atom stereocenters. The van der Waals surface area contributed by atoms with Crippen LogP contribution in [0.1, 0.15) is 26.3 Å². The molecule has 0 fully saturated rings. The van der Waals surface area contributed by atoms with Crippen molar-refractivity contribution < 1.29 is 35.5 Å². The van der Waals surface area contributed by atoms with Gasteiger partial charge in [-0.05, 0) is 20.8 Å². The van der Waals surface area contributed by atoms with Crippen molar-refractivity contribution in [2.24, 2.45) is 0 Å². The monoisotopic (exact) mass is 302 g/mol. The van der Waals surface area contributed by atoms with Gasteiger partial charge in [-0.1, -0.05) is 0 Å². The molecular weight excluding hydrogens is 293 g/mol. The predicted octanol–water partition coefficient (Wildman–Crippen LogP) is 4.95. The lowest BCUT2D eigenvalue weighted by Gasteiger charge is -2.22. The summed E-state index contributed by atoms with van der Waals surface area (Å²) < 4.78 is 95.4. The largest absolute Gasteiger partial charge is 0.482 e. The summed E-state index contributed by atoms with van der Waals surface area (Å²) in [6, 6.07) is 0. The van der Waals surface area contributed by atoms with Crippen LogP contribution < -0.4 is 4.74 Å². The van der Waals surface area contributed by atoms with Gasteiger partial charge in [0.15, 0.2) is 17.4 Å². The van der Waals surface area contributed by atoms with Gasteiger partial charge in [-0.3, -0.25) is 0 Å². The van der Waals surface area contributed by atoms with Crippen LogP contribution in [0.5, 0.6) is 5.75 Å². The molecule has 20 heavy (non-hydrogen) atoms. The van der Waals surface area contributed by atoms with Gasteiger partial charge < -0.3 is 4.74 Å². The molecule has 0 aliphatic heterocycles. The van der Waals surface area contributed by atoms with E-state index in [0.29, 0.717) is 0 Å². The van der Waals surface area contributed by atoms with Gasteiger partial charge in [0.05, 0.1) is 5.56 Å². The van der Waals surface area contributed by atoms with Crippen molar-refractivity contribution in [3.8, 4) is 5.75 Å². The van der Waals surface area contributed by atoms with Gasteiger partial charge in [0.25, 0.3) is 0 Å². The zero-order chi connectivity index (χ0) is 15.8. The third-order valence-electron chi connectivity index (χ3n) is 2.02. The molecule has 0 heterocycles. The van der Waals surface area contributed by atoms with Crippen LogP contribution in [0.4, 0.5) is 30.7 Å². The Labute approximate surface area is 109 Å². The zero-order valence-corrected chi connectivity index (χ0v) is 10.6. The SMILES string of the molecule is CC(C)(C)Oc1c(F)c(F)c(C(F)=C(F)F)c(F)c1F. The Kier molecular flexibility index (Phi) is 4.36. The van der Waals surface area contributed by atoms with E-state index in [-0.39, 0.29) is 0 Å². The topological polar surface area (TPSA) is 9.23 Å². The first-order valence-corrected chi connectivity index (χ1v) is 5.23. The maximum atomic E-state index is 13.5. The maximum absolute atomic E-state index is 13.5. The van der Waals surface area contributed by atoms with E-state index in [1.807, 2.05) is 0 Å². The predicted molar refractivity (Wildman–Crippen MR) is 56.9 cm³/mol. The first-order chi connectivity index (χ1) is 8.97. The molecule has 112 valence electrons. The van der Waals surface area contributed by atoms with Crippen molar-refractivity contribution in [1.82, 2.24) is 0 Å². The quantitative estimate of drug-likeness (QED) is 0.554. The summed E-state index contributed by atoms with van der Waals surface area (Å²) in [5, 5.41) is 0. The number of benzene rings is 1. The second-order valence-corrected chi connectivity index (χ2v) is 4.75. The highest BCUT2D eigenvalue weighted by Crippen LogP contribution is 2.36. The van der Waals surface area contributed by atoms with Crippen LogP contribution in [-0.4, -0.2) is 5.60 Å². The summed E-state index contributed by atoms with van der Waals surface area (Å²) in [5.74, 6) is -12.9. The molecular formula is C12H9F7O. The van der Waals surface area contributed by atoms with Gasteiger partial charge in [-0.25, -0.2) is 13.2 Å². The smallest absolute Gasteiger partial charge is 0.306 e. The lowest BCUT2D eigenvalue weighted by atomic mass is 10.1. The minimum atomic E-state index is -3.11. The number of hydrogen-bond acceptors (Lipinski definition) is 1. The minimum Gasteiger partial charge on any atom is -0.482 e. The fraction of sp³-hybridized carbons (Fsp3) is 0.333. The van der Waals surface area contributed by atoms with E-state index in [2.05, 4.69) is 4.74 Å². The van der Waals surface area contributed by atoms with Crippen molar-refractivity contribution in [2.75, 3.05) is 0 Å². The molecule has 1 rings (SSSR count). The summed E-state index contributed by atoms with van der Waals surface area (Å²) in [6.07, 6.45) is -3.11. The number of hydrogen-bond donors (Lipinski definition) is 0. The maximum Gasteiger partial charge on any atom is 0.306 e. The van der Waals surface area contributed by atoms with Gasteiger partial charge in [0.2, 0.25) is 17.5 Å². The van der Waals surface area contributed by atoms with E-state index < -0.39 is 52.1 Å². The fourth-order valence-corrected chi connectivity index (χ4v) is 1.29. The molecule has 0 saturated carbocycles. The summed E-state index contributed by atoms with van der Waals surface area (Å²) in [4.78, 5) is 0. The Morgan fingerprint density at radius 1 is 0.800 bits per heavy atom. The van der Waals surface area contributed by atoms with Crippen LogP contribution in [-0.2, 0) is 0 Å². The Hall–Kier alpha value is -1.73. The van der Waals surface area contributed by atoms with E-state index in [9.17, 15) is 30.7 Å². The van der Waals surface area contributed by atoms with Gasteiger partial charge >= 0.3 is 6.08 Å². The molecule has 0 spiro atoms. The Bertz CT molecular complexity index is 539. The van der Waals surface area contributed by atoms with E-state index in [4.69, 9.17) is 0 Å². The zero-order valence-electron chi connectivity index (χ0n) is 10.6. The van der Waals surface area contributed by atoms with E-state index in [1.54, 1.807) is 0 Å². The molecule has 0 amide bonds. The lowest BCUT2D eigenvalue weighted by molar-refractivity contribution is 0.114. The van der Waals surface area contributed by atoms with Gasteiger partial charge in [-0.15, -0.1) is 0 Å². The normalized spacial score (nSPS) is 11.5. The van der Waals surface area contributed by atoms with E-state index >= 15 is 0 Å². The van der Waals surface area contributed by atoms with E-state index in [1.165, 1.54) is 20.8 Å². The first kappa shape index (κ1) is 16.3. The van der Waals surface area contributed by atoms with Crippen molar-refractivity contribution in [3.63, 3.8) is 0 Å². The number of halogens is 7. The third kappa shape index (κ3) is 3.05. The summed E-state index contributed by atoms with van der Waals surface area (Å²) in [5.41, 5.74) is -3.33. The van der Waals surface area contributed by atoms with Crippen LogP contribution in [0.3, 0.4) is 0 Å². The van der Waals surface area contributed by atoms with Crippen molar-refractivity contribution in [2.45, 2.75) is 26.4 Å². The first-order valence-electron chi connectivity index (χ1n) is 5.23.